The lowest BCUT2D eigenvalue weighted by molar-refractivity contribution is 0.0439. The van der Waals surface area contributed by atoms with Crippen molar-refractivity contribution in [3.05, 3.63) is 21.9 Å². The van der Waals surface area contributed by atoms with E-state index in [0.717, 1.165) is 12.8 Å². The van der Waals surface area contributed by atoms with Gasteiger partial charge in [0.15, 0.2) is 0 Å². The van der Waals surface area contributed by atoms with Crippen molar-refractivity contribution in [2.75, 3.05) is 13.2 Å². The first-order valence-corrected chi connectivity index (χ1v) is 7.87. The van der Waals surface area contributed by atoms with Gasteiger partial charge in [0.05, 0.1) is 6.61 Å². The Kier molecular flexibility index (Phi) is 16.3. The second-order valence-electron chi connectivity index (χ2n) is 3.58. The molecule has 1 aromatic heterocycles. The summed E-state index contributed by atoms with van der Waals surface area (Å²) < 4.78 is 4.79. The van der Waals surface area contributed by atoms with Gasteiger partial charge in [-0.1, -0.05) is 47.5 Å². The van der Waals surface area contributed by atoms with Crippen LogP contribution in [0.2, 0.25) is 0 Å². The molecule has 0 bridgehead atoms. The van der Waals surface area contributed by atoms with Crippen LogP contribution >= 0.6 is 11.3 Å². The molecule has 3 nitrogen and oxygen atoms in total. The lowest BCUT2D eigenvalue weighted by Crippen LogP contribution is -2.06. The van der Waals surface area contributed by atoms with Crippen molar-refractivity contribution < 1.29 is 14.6 Å². The smallest absolute Gasteiger partial charge is 0.348 e. The van der Waals surface area contributed by atoms with E-state index in [-0.39, 0.29) is 19.2 Å². The minimum Gasteiger partial charge on any atom is -0.459 e. The number of esters is 1. The zero-order valence-corrected chi connectivity index (χ0v) is 13.7. The molecule has 0 atom stereocenters. The highest BCUT2D eigenvalue weighted by Gasteiger charge is 2.09. The summed E-state index contributed by atoms with van der Waals surface area (Å²) >= 11 is 1.46. The summed E-state index contributed by atoms with van der Waals surface area (Å²) in [5, 5.41) is 8.48. The normalized spacial score (nSPS) is 8.74. The Bertz CT molecular complexity index is 308. The molecule has 0 aliphatic carbocycles. The van der Waals surface area contributed by atoms with Crippen molar-refractivity contribution in [1.82, 2.24) is 0 Å². The molecule has 1 aromatic rings. The molecule has 0 amide bonds. The first-order valence-electron chi connectivity index (χ1n) is 7.06. The lowest BCUT2D eigenvalue weighted by atomic mass is 10.3. The van der Waals surface area contributed by atoms with E-state index in [0.29, 0.717) is 4.88 Å². The highest BCUT2D eigenvalue weighted by molar-refractivity contribution is 7.13. The van der Waals surface area contributed by atoms with Crippen LogP contribution in [0.5, 0.6) is 0 Å². The van der Waals surface area contributed by atoms with Crippen LogP contribution in [0.15, 0.2) is 12.1 Å². The Morgan fingerprint density at radius 1 is 1.26 bits per heavy atom. The minimum absolute atomic E-state index is 0.0693. The number of thiophene rings is 1. The summed E-state index contributed by atoms with van der Waals surface area (Å²) in [5.74, 6) is -0.341. The first-order chi connectivity index (χ1) is 9.19. The van der Waals surface area contributed by atoms with Crippen LogP contribution in [0.25, 0.3) is 0 Å². The van der Waals surface area contributed by atoms with E-state index in [1.54, 1.807) is 6.07 Å². The van der Waals surface area contributed by atoms with Crippen LogP contribution in [0, 0.1) is 0 Å². The van der Waals surface area contributed by atoms with Gasteiger partial charge in [-0.15, -0.1) is 11.3 Å². The van der Waals surface area contributed by atoms with E-state index in [1.165, 1.54) is 22.6 Å². The molecule has 112 valence electrons. The third-order valence-electron chi connectivity index (χ3n) is 1.68. The molecule has 0 saturated heterocycles. The predicted octanol–water partition coefficient (Wildman–Crippen LogP) is 4.29. The maximum absolute atomic E-state index is 11.3. The largest absolute Gasteiger partial charge is 0.459 e. The van der Waals surface area contributed by atoms with E-state index in [2.05, 4.69) is 20.8 Å². The number of rotatable bonds is 5. The van der Waals surface area contributed by atoms with Crippen molar-refractivity contribution in [1.29, 1.82) is 0 Å². The molecule has 0 aliphatic heterocycles. The molecule has 1 rings (SSSR count). The van der Waals surface area contributed by atoms with E-state index >= 15 is 0 Å². The summed E-state index contributed by atoms with van der Waals surface area (Å²) in [6.45, 7) is 10.3. The van der Waals surface area contributed by atoms with Crippen LogP contribution in [0.4, 0.5) is 0 Å². The van der Waals surface area contributed by atoms with Crippen LogP contribution in [-0.4, -0.2) is 24.3 Å². The number of hydrogen-bond acceptors (Lipinski definition) is 4. The Balaban J connectivity index is 0. The fraction of sp³-hybridized carbons (Fsp3) is 0.667. The van der Waals surface area contributed by atoms with E-state index < -0.39 is 0 Å². The SMILES string of the molecule is CC.CCC.CCCc1ccc(C(=O)OCCO)s1. The van der Waals surface area contributed by atoms with Crippen molar-refractivity contribution in [2.45, 2.75) is 53.9 Å². The highest BCUT2D eigenvalue weighted by atomic mass is 32.1. The van der Waals surface area contributed by atoms with E-state index in [9.17, 15) is 4.79 Å². The summed E-state index contributed by atoms with van der Waals surface area (Å²) in [4.78, 5) is 13.1. The maximum atomic E-state index is 11.3. The van der Waals surface area contributed by atoms with E-state index in [4.69, 9.17) is 9.84 Å². The predicted molar refractivity (Wildman–Crippen MR) is 83.0 cm³/mol. The van der Waals surface area contributed by atoms with Gasteiger partial charge in [-0.25, -0.2) is 4.79 Å². The zero-order valence-electron chi connectivity index (χ0n) is 12.9. The second kappa shape index (κ2) is 15.2. The van der Waals surface area contributed by atoms with Gasteiger partial charge >= 0.3 is 5.97 Å². The topological polar surface area (TPSA) is 46.5 Å². The molecule has 1 N–H and O–H groups in total. The van der Waals surface area contributed by atoms with Crippen molar-refractivity contribution >= 4 is 17.3 Å². The summed E-state index contributed by atoms with van der Waals surface area (Å²) in [6.07, 6.45) is 3.32. The molecule has 0 fully saturated rings. The highest BCUT2D eigenvalue weighted by Crippen LogP contribution is 2.18. The van der Waals surface area contributed by atoms with Crippen LogP contribution in [0.3, 0.4) is 0 Å². The standard InChI is InChI=1S/C10H14O3S.C3H8.C2H6/c1-2-3-8-4-5-9(14-8)10(12)13-7-6-11;1-3-2;1-2/h4-5,11H,2-3,6-7H2,1H3;3H2,1-2H3;1-2H3. The first kappa shape index (κ1) is 20.4. The summed E-state index contributed by atoms with van der Waals surface area (Å²) in [5.41, 5.74) is 0. The number of aliphatic hydroxyl groups excluding tert-OH is 1. The molecule has 0 radical (unpaired) electrons. The van der Waals surface area contributed by atoms with Gasteiger partial charge in [0.25, 0.3) is 0 Å². The van der Waals surface area contributed by atoms with Crippen molar-refractivity contribution in [2.24, 2.45) is 0 Å². The molecule has 0 saturated carbocycles. The number of ether oxygens (including phenoxy) is 1. The zero-order chi connectivity index (χ0) is 15.1. The molecule has 19 heavy (non-hydrogen) atoms. The maximum Gasteiger partial charge on any atom is 0.348 e. The fourth-order valence-electron chi connectivity index (χ4n) is 1.08. The molecular formula is C15H28O3S. The van der Waals surface area contributed by atoms with Crippen LogP contribution in [-0.2, 0) is 11.2 Å². The second-order valence-corrected chi connectivity index (χ2v) is 4.75. The average molecular weight is 288 g/mol. The van der Waals surface area contributed by atoms with Crippen LogP contribution in [0.1, 0.15) is 62.0 Å². The number of carbonyl (C=O) groups excluding carboxylic acids is 1. The van der Waals surface area contributed by atoms with Gasteiger partial charge in [0.1, 0.15) is 11.5 Å². The van der Waals surface area contributed by atoms with Crippen molar-refractivity contribution in [3.63, 3.8) is 0 Å². The Morgan fingerprint density at radius 3 is 2.32 bits per heavy atom. The number of aliphatic hydroxyl groups is 1. The Morgan fingerprint density at radius 2 is 1.84 bits per heavy atom. The number of aryl methyl sites for hydroxylation is 1. The van der Waals surface area contributed by atoms with E-state index in [1.807, 2.05) is 19.9 Å². The minimum atomic E-state index is -0.341. The van der Waals surface area contributed by atoms with Gasteiger partial charge in [-0.05, 0) is 18.6 Å². The molecule has 0 unspecified atom stereocenters. The summed E-state index contributed by atoms with van der Waals surface area (Å²) in [6, 6.07) is 3.72. The monoisotopic (exact) mass is 288 g/mol. The average Bonchev–Trinajstić information content (AvgIpc) is 2.88. The van der Waals surface area contributed by atoms with Crippen LogP contribution < -0.4 is 0 Å². The number of carbonyl (C=O) groups is 1. The lowest BCUT2D eigenvalue weighted by Gasteiger charge is -1.98. The molecular weight excluding hydrogens is 260 g/mol. The van der Waals surface area contributed by atoms with Gasteiger partial charge < -0.3 is 9.84 Å². The molecule has 0 aromatic carbocycles. The van der Waals surface area contributed by atoms with Gasteiger partial charge in [0, 0.05) is 4.88 Å². The third-order valence-corrected chi connectivity index (χ3v) is 2.81. The molecule has 0 spiro atoms. The number of hydrogen-bond donors (Lipinski definition) is 1. The Labute approximate surface area is 121 Å². The molecule has 4 heteroatoms. The van der Waals surface area contributed by atoms with Gasteiger partial charge in [-0.2, -0.15) is 0 Å². The van der Waals surface area contributed by atoms with Gasteiger partial charge in [-0.3, -0.25) is 0 Å². The Hall–Kier alpha value is -0.870. The molecule has 0 aliphatic rings. The quantitative estimate of drug-likeness (QED) is 0.822. The van der Waals surface area contributed by atoms with Crippen molar-refractivity contribution in [3.8, 4) is 0 Å². The third kappa shape index (κ3) is 10.7. The molecule has 1 heterocycles. The fourth-order valence-corrected chi connectivity index (χ4v) is 2.08. The van der Waals surface area contributed by atoms with Gasteiger partial charge in [0.2, 0.25) is 0 Å². The summed E-state index contributed by atoms with van der Waals surface area (Å²) in [7, 11) is 0.